The molecule has 0 radical (unpaired) electrons. The number of hydrogen-bond acceptors (Lipinski definition) is 6. The number of rotatable bonds is 18. The molecule has 0 amide bonds. The summed E-state index contributed by atoms with van der Waals surface area (Å²) in [6.45, 7) is 6.23. The summed E-state index contributed by atoms with van der Waals surface area (Å²) in [5.41, 5.74) is -11.3. The molecule has 0 bridgehead atoms. The Balaban J connectivity index is 2.87. The summed E-state index contributed by atoms with van der Waals surface area (Å²) in [6.07, 6.45) is -0.863. The second-order valence-corrected chi connectivity index (χ2v) is 23.0. The van der Waals surface area contributed by atoms with E-state index in [1.807, 2.05) is 0 Å². The normalized spacial score (nSPS) is 14.6. The van der Waals surface area contributed by atoms with Gasteiger partial charge in [-0.15, -0.1) is 0 Å². The van der Waals surface area contributed by atoms with E-state index in [2.05, 4.69) is 0 Å². The molecule has 6 nitrogen and oxygen atoms in total. The van der Waals surface area contributed by atoms with Gasteiger partial charge in [0.15, 0.2) is 0 Å². The summed E-state index contributed by atoms with van der Waals surface area (Å²) < 4.78 is 163. The third kappa shape index (κ3) is 10.9. The van der Waals surface area contributed by atoms with Crippen LogP contribution in [-0.4, -0.2) is 35.2 Å². The third-order valence-electron chi connectivity index (χ3n) is 6.35. The fourth-order valence-electron chi connectivity index (χ4n) is 4.33. The van der Waals surface area contributed by atoms with Crippen molar-refractivity contribution in [1.82, 2.24) is 0 Å². The summed E-state index contributed by atoms with van der Waals surface area (Å²) in [5, 5.41) is 0. The van der Waals surface area contributed by atoms with Crippen molar-refractivity contribution >= 4 is 67.5 Å². The van der Waals surface area contributed by atoms with Crippen LogP contribution in [0.5, 0.6) is 0 Å². The van der Waals surface area contributed by atoms with Gasteiger partial charge in [0.05, 0.1) is 0 Å². The molecule has 0 aliphatic carbocycles. The van der Waals surface area contributed by atoms with E-state index in [0.717, 1.165) is 0 Å². The Hall–Kier alpha value is -1.23. The molecule has 0 saturated heterocycles. The molecule has 0 saturated carbocycles. The fraction of sp³-hybridized carbons (Fsp3) is 0.467. The summed E-state index contributed by atoms with van der Waals surface area (Å²) in [4.78, 5) is -1.79. The Bertz CT molecular complexity index is 1480. The van der Waals surface area contributed by atoms with Gasteiger partial charge in [-0.05, 0) is 0 Å². The van der Waals surface area contributed by atoms with Gasteiger partial charge in [0, 0.05) is 0 Å². The zero-order valence-electron chi connectivity index (χ0n) is 26.7. The van der Waals surface area contributed by atoms with E-state index in [1.54, 1.807) is 26.0 Å². The molecule has 0 spiro atoms. The Morgan fingerprint density at radius 3 is 1.12 bits per heavy atom. The molecular weight excluding hydrogens is 918 g/mol. The molecule has 0 heterocycles. The number of alkyl halides is 6. The van der Waals surface area contributed by atoms with Gasteiger partial charge in [0.2, 0.25) is 0 Å². The molecule has 0 N–H and O–H groups in total. The topological polar surface area (TPSA) is 86.7 Å². The van der Waals surface area contributed by atoms with Crippen LogP contribution in [0.3, 0.4) is 0 Å². The SMILES string of the molecule is CCCC(=C(CCC)S(=O)(=O)C(F)(F)F)I(OB(F)OI(C(CCC)=C(CCC)S(=O)(=O)C(F)(F)F)c1ccccc1)c1ccccc1. The van der Waals surface area contributed by atoms with E-state index >= 15 is 4.32 Å². The Labute approximate surface area is 293 Å². The van der Waals surface area contributed by atoms with Crippen LogP contribution in [-0.2, 0) is 25.6 Å². The Kier molecular flexibility index (Phi) is 16.9. The van der Waals surface area contributed by atoms with E-state index < -0.39 is 101 Å². The first-order chi connectivity index (χ1) is 22.4. The average molecular weight is 956 g/mol. The van der Waals surface area contributed by atoms with E-state index in [4.69, 9.17) is 5.97 Å². The molecule has 2 rings (SSSR count). The number of sulfone groups is 2. The van der Waals surface area contributed by atoms with Crippen molar-refractivity contribution in [2.75, 3.05) is 0 Å². The van der Waals surface area contributed by atoms with Crippen molar-refractivity contribution in [3.8, 4) is 0 Å². The molecule has 2 aromatic carbocycles. The second kappa shape index (κ2) is 18.8. The van der Waals surface area contributed by atoms with Crippen LogP contribution in [0.1, 0.15) is 79.1 Å². The monoisotopic (exact) mass is 956 g/mol. The van der Waals surface area contributed by atoms with Crippen molar-refractivity contribution < 1.29 is 53.5 Å². The van der Waals surface area contributed by atoms with Gasteiger partial charge in [0.1, 0.15) is 0 Å². The molecule has 18 heteroatoms. The summed E-state index contributed by atoms with van der Waals surface area (Å²) >= 11 is -7.76. The van der Waals surface area contributed by atoms with Crippen molar-refractivity contribution in [3.63, 3.8) is 0 Å². The van der Waals surface area contributed by atoms with Crippen molar-refractivity contribution in [2.45, 2.75) is 90.1 Å². The first-order valence-electron chi connectivity index (χ1n) is 14.9. The third-order valence-corrected chi connectivity index (χ3v) is 20.8. The quantitative estimate of drug-likeness (QED) is 0.0840. The predicted octanol–water partition coefficient (Wildman–Crippen LogP) is 11.0. The van der Waals surface area contributed by atoms with Gasteiger partial charge in [-0.2, -0.15) is 0 Å². The van der Waals surface area contributed by atoms with Gasteiger partial charge in [-0.25, -0.2) is 0 Å². The Morgan fingerprint density at radius 1 is 0.583 bits per heavy atom. The fourth-order valence-corrected chi connectivity index (χ4v) is 19.2. The Morgan fingerprint density at radius 2 is 0.875 bits per heavy atom. The number of allylic oxidation sites excluding steroid dienone is 4. The van der Waals surface area contributed by atoms with Gasteiger partial charge in [-0.1, -0.05) is 0 Å². The number of halogens is 9. The molecular formula is C30H38BF7I2O6S2. The van der Waals surface area contributed by atoms with Gasteiger partial charge < -0.3 is 0 Å². The van der Waals surface area contributed by atoms with Crippen LogP contribution < -0.4 is 0 Å². The first kappa shape index (κ1) is 42.9. The standard InChI is InChI=1S/C30H38BF7I2O6S2/c1-5-15-25(27(17-7-3)47(41,42)29(32,33)34)39(23-19-11-9-12-20-23)45-31(38)46-40(24-21-13-10-14-22-24)26(16-6-2)28(18-8-4)48(43,44)30(35,36)37/h9-14,19-22H,5-8,15-18H2,1-4H3. The van der Waals surface area contributed by atoms with Gasteiger partial charge >= 0.3 is 296 Å². The first-order valence-corrected chi connectivity index (χ1v) is 24.0. The second-order valence-electron chi connectivity index (χ2n) is 10.1. The van der Waals surface area contributed by atoms with E-state index in [9.17, 15) is 43.2 Å². The van der Waals surface area contributed by atoms with Gasteiger partial charge in [-0.3, -0.25) is 0 Å². The van der Waals surface area contributed by atoms with Crippen LogP contribution >= 0.6 is 40.5 Å². The number of hydrogen-bond donors (Lipinski definition) is 0. The average Bonchev–Trinajstić information content (AvgIpc) is 3.02. The van der Waals surface area contributed by atoms with Crippen molar-refractivity contribution in [1.29, 1.82) is 0 Å². The zero-order valence-corrected chi connectivity index (χ0v) is 32.6. The maximum absolute atomic E-state index is 16.3. The summed E-state index contributed by atoms with van der Waals surface area (Å²) in [7, 11) is -14.4. The molecule has 0 unspecified atom stereocenters. The van der Waals surface area contributed by atoms with E-state index in [-0.39, 0.29) is 52.8 Å². The van der Waals surface area contributed by atoms with Crippen molar-refractivity contribution in [2.24, 2.45) is 0 Å². The maximum atomic E-state index is 16.3. The number of benzene rings is 2. The van der Waals surface area contributed by atoms with Crippen LogP contribution in [0, 0.1) is 7.14 Å². The minimum atomic E-state index is -5.84. The molecule has 272 valence electrons. The molecule has 0 fully saturated rings. The summed E-state index contributed by atoms with van der Waals surface area (Å²) in [6, 6.07) is 15.2. The molecule has 2 aromatic rings. The van der Waals surface area contributed by atoms with E-state index in [0.29, 0.717) is 0 Å². The van der Waals surface area contributed by atoms with Crippen LogP contribution in [0.15, 0.2) is 77.6 Å². The van der Waals surface area contributed by atoms with Crippen LogP contribution in [0.25, 0.3) is 0 Å². The summed E-state index contributed by atoms with van der Waals surface area (Å²) in [5.74, 6) is 0. The molecule has 0 aliphatic heterocycles. The van der Waals surface area contributed by atoms with Crippen molar-refractivity contribution in [3.05, 3.63) is 84.8 Å². The predicted molar refractivity (Wildman–Crippen MR) is 191 cm³/mol. The molecule has 48 heavy (non-hydrogen) atoms. The minimum absolute atomic E-state index is 0.0229. The van der Waals surface area contributed by atoms with Gasteiger partial charge in [0.25, 0.3) is 0 Å². The molecule has 0 aromatic heterocycles. The van der Waals surface area contributed by atoms with Crippen LogP contribution in [0.2, 0.25) is 0 Å². The molecule has 0 aliphatic rings. The zero-order chi connectivity index (χ0) is 36.3. The van der Waals surface area contributed by atoms with Crippen LogP contribution in [0.4, 0.5) is 30.7 Å². The van der Waals surface area contributed by atoms with E-state index in [1.165, 1.54) is 62.4 Å². The molecule has 0 atom stereocenters.